The number of rotatable bonds is 4. The third kappa shape index (κ3) is 3.50. The SMILES string of the molecule is COc1cccc(C[CH]c2ccc(Cl)cc2)c1. The van der Waals surface area contributed by atoms with E-state index in [-0.39, 0.29) is 0 Å². The standard InChI is InChI=1S/C15H14ClO/c1-17-15-4-2-3-13(11-15)6-5-12-7-9-14(16)10-8-12/h2-5,7-11H,6H2,1H3. The summed E-state index contributed by atoms with van der Waals surface area (Å²) in [6.07, 6.45) is 3.06. The van der Waals surface area contributed by atoms with Gasteiger partial charge in [0.15, 0.2) is 0 Å². The van der Waals surface area contributed by atoms with Gasteiger partial charge < -0.3 is 4.74 Å². The first-order chi connectivity index (χ1) is 8.28. The summed E-state index contributed by atoms with van der Waals surface area (Å²) >= 11 is 5.84. The van der Waals surface area contributed by atoms with Crippen molar-refractivity contribution in [3.8, 4) is 5.75 Å². The van der Waals surface area contributed by atoms with Gasteiger partial charge in [-0.3, -0.25) is 0 Å². The van der Waals surface area contributed by atoms with Gasteiger partial charge in [0.25, 0.3) is 0 Å². The average Bonchev–Trinajstić information content (AvgIpc) is 2.38. The number of hydrogen-bond acceptors (Lipinski definition) is 1. The van der Waals surface area contributed by atoms with E-state index in [9.17, 15) is 0 Å². The van der Waals surface area contributed by atoms with Gasteiger partial charge in [0.2, 0.25) is 0 Å². The molecule has 17 heavy (non-hydrogen) atoms. The van der Waals surface area contributed by atoms with E-state index in [2.05, 4.69) is 12.5 Å². The Hall–Kier alpha value is -1.47. The summed E-state index contributed by atoms with van der Waals surface area (Å²) in [7, 11) is 1.68. The number of hydrogen-bond donors (Lipinski definition) is 0. The fourth-order valence-corrected chi connectivity index (χ4v) is 1.76. The highest BCUT2D eigenvalue weighted by Crippen LogP contribution is 2.16. The summed E-state index contributed by atoms with van der Waals surface area (Å²) in [5.41, 5.74) is 2.41. The summed E-state index contributed by atoms with van der Waals surface area (Å²) in [4.78, 5) is 0. The minimum Gasteiger partial charge on any atom is -0.497 e. The number of ether oxygens (including phenoxy) is 1. The third-order valence-corrected chi connectivity index (χ3v) is 2.83. The summed E-state index contributed by atoms with van der Waals surface area (Å²) in [6.45, 7) is 0. The van der Waals surface area contributed by atoms with E-state index in [0.717, 1.165) is 17.2 Å². The zero-order chi connectivity index (χ0) is 12.1. The molecule has 2 aromatic carbocycles. The van der Waals surface area contributed by atoms with Crippen LogP contribution in [0.3, 0.4) is 0 Å². The molecule has 87 valence electrons. The molecule has 0 heterocycles. The Labute approximate surface area is 107 Å². The maximum atomic E-state index is 5.84. The van der Waals surface area contributed by atoms with Gasteiger partial charge in [-0.2, -0.15) is 0 Å². The van der Waals surface area contributed by atoms with Crippen molar-refractivity contribution in [3.63, 3.8) is 0 Å². The summed E-state index contributed by atoms with van der Waals surface area (Å²) in [5, 5.41) is 0.767. The van der Waals surface area contributed by atoms with Crippen LogP contribution in [0.25, 0.3) is 0 Å². The van der Waals surface area contributed by atoms with Gasteiger partial charge >= 0.3 is 0 Å². The van der Waals surface area contributed by atoms with Gasteiger partial charge in [-0.1, -0.05) is 35.9 Å². The molecule has 0 unspecified atom stereocenters. The average molecular weight is 246 g/mol. The molecule has 2 rings (SSSR count). The van der Waals surface area contributed by atoms with Gasteiger partial charge in [0.05, 0.1) is 7.11 Å². The smallest absolute Gasteiger partial charge is 0.119 e. The van der Waals surface area contributed by atoms with E-state index in [1.165, 1.54) is 11.1 Å². The van der Waals surface area contributed by atoms with E-state index in [0.29, 0.717) is 0 Å². The third-order valence-electron chi connectivity index (χ3n) is 2.58. The summed E-state index contributed by atoms with van der Waals surface area (Å²) in [5.74, 6) is 0.895. The molecule has 0 saturated heterocycles. The maximum Gasteiger partial charge on any atom is 0.119 e. The van der Waals surface area contributed by atoms with Crippen LogP contribution in [-0.4, -0.2) is 7.11 Å². The molecule has 0 fully saturated rings. The fourth-order valence-electron chi connectivity index (χ4n) is 1.63. The van der Waals surface area contributed by atoms with Crippen molar-refractivity contribution < 1.29 is 4.74 Å². The Balaban J connectivity index is 1.99. The van der Waals surface area contributed by atoms with Crippen molar-refractivity contribution >= 4 is 11.6 Å². The molecule has 0 bridgehead atoms. The normalized spacial score (nSPS) is 10.2. The molecule has 0 aliphatic carbocycles. The first-order valence-corrected chi connectivity index (χ1v) is 5.87. The molecule has 2 heteroatoms. The van der Waals surface area contributed by atoms with Crippen LogP contribution in [0.5, 0.6) is 5.75 Å². The van der Waals surface area contributed by atoms with E-state index in [1.54, 1.807) is 7.11 Å². The first kappa shape index (κ1) is 12.0. The topological polar surface area (TPSA) is 9.23 Å². The largest absolute Gasteiger partial charge is 0.497 e. The van der Waals surface area contributed by atoms with Crippen molar-refractivity contribution in [2.24, 2.45) is 0 Å². The molecule has 1 radical (unpaired) electrons. The van der Waals surface area contributed by atoms with Crippen molar-refractivity contribution in [1.29, 1.82) is 0 Å². The molecular weight excluding hydrogens is 232 g/mol. The maximum absolute atomic E-state index is 5.84. The Morgan fingerprint density at radius 3 is 2.59 bits per heavy atom. The molecular formula is C15H14ClO. The van der Waals surface area contributed by atoms with Crippen LogP contribution in [0.2, 0.25) is 5.02 Å². The number of halogens is 1. The van der Waals surface area contributed by atoms with Crippen LogP contribution in [-0.2, 0) is 6.42 Å². The Bertz CT molecular complexity index is 477. The predicted octanol–water partition coefficient (Wildman–Crippen LogP) is 4.14. The van der Waals surface area contributed by atoms with Crippen LogP contribution in [0.1, 0.15) is 11.1 Å². The molecule has 1 nitrogen and oxygen atoms in total. The quantitative estimate of drug-likeness (QED) is 0.787. The Kier molecular flexibility index (Phi) is 4.05. The van der Waals surface area contributed by atoms with Gasteiger partial charge in [-0.25, -0.2) is 0 Å². The molecule has 2 aromatic rings. The van der Waals surface area contributed by atoms with Gasteiger partial charge in [0, 0.05) is 5.02 Å². The van der Waals surface area contributed by atoms with Crippen LogP contribution >= 0.6 is 11.6 Å². The lowest BCUT2D eigenvalue weighted by Crippen LogP contribution is -1.90. The molecule has 0 amide bonds. The van der Waals surface area contributed by atoms with Crippen LogP contribution < -0.4 is 4.74 Å². The van der Waals surface area contributed by atoms with E-state index in [4.69, 9.17) is 16.3 Å². The second-order valence-electron chi connectivity index (χ2n) is 3.81. The molecule has 0 N–H and O–H groups in total. The first-order valence-electron chi connectivity index (χ1n) is 5.49. The van der Waals surface area contributed by atoms with Crippen molar-refractivity contribution in [1.82, 2.24) is 0 Å². The highest BCUT2D eigenvalue weighted by atomic mass is 35.5. The summed E-state index contributed by atoms with van der Waals surface area (Å²) in [6, 6.07) is 15.9. The highest BCUT2D eigenvalue weighted by Gasteiger charge is 1.98. The van der Waals surface area contributed by atoms with E-state index < -0.39 is 0 Å². The molecule has 0 spiro atoms. The van der Waals surface area contributed by atoms with E-state index >= 15 is 0 Å². The fraction of sp³-hybridized carbons (Fsp3) is 0.133. The van der Waals surface area contributed by atoms with Crippen LogP contribution in [0, 0.1) is 6.42 Å². The predicted molar refractivity (Wildman–Crippen MR) is 71.6 cm³/mol. The molecule has 0 saturated carbocycles. The Morgan fingerprint density at radius 2 is 1.88 bits per heavy atom. The Morgan fingerprint density at radius 1 is 1.12 bits per heavy atom. The second kappa shape index (κ2) is 5.74. The minimum atomic E-state index is 0.767. The van der Waals surface area contributed by atoms with E-state index in [1.807, 2.05) is 42.5 Å². The lowest BCUT2D eigenvalue weighted by molar-refractivity contribution is 0.414. The monoisotopic (exact) mass is 245 g/mol. The second-order valence-corrected chi connectivity index (χ2v) is 4.25. The zero-order valence-electron chi connectivity index (χ0n) is 9.69. The van der Waals surface area contributed by atoms with Crippen LogP contribution in [0.15, 0.2) is 48.5 Å². The van der Waals surface area contributed by atoms with Gasteiger partial charge in [-0.05, 0) is 48.2 Å². The summed E-state index contributed by atoms with van der Waals surface area (Å²) < 4.78 is 5.19. The molecule has 0 atom stereocenters. The number of benzene rings is 2. The molecule has 0 aromatic heterocycles. The van der Waals surface area contributed by atoms with Crippen LogP contribution in [0.4, 0.5) is 0 Å². The molecule has 0 aliphatic rings. The minimum absolute atomic E-state index is 0.767. The van der Waals surface area contributed by atoms with Crippen molar-refractivity contribution in [2.45, 2.75) is 6.42 Å². The zero-order valence-corrected chi connectivity index (χ0v) is 10.4. The van der Waals surface area contributed by atoms with Crippen molar-refractivity contribution in [2.75, 3.05) is 7.11 Å². The lowest BCUT2D eigenvalue weighted by Gasteiger charge is -2.04. The molecule has 0 aliphatic heterocycles. The van der Waals surface area contributed by atoms with Crippen molar-refractivity contribution in [3.05, 3.63) is 71.1 Å². The van der Waals surface area contributed by atoms with Gasteiger partial charge in [0.1, 0.15) is 5.75 Å². The lowest BCUT2D eigenvalue weighted by atomic mass is 10.0. The van der Waals surface area contributed by atoms with Gasteiger partial charge in [-0.15, -0.1) is 0 Å². The highest BCUT2D eigenvalue weighted by molar-refractivity contribution is 6.30. The number of methoxy groups -OCH3 is 1.